The largest absolute Gasteiger partial charge is 0.373 e. The van der Waals surface area contributed by atoms with Crippen LogP contribution in [0.25, 0.3) is 0 Å². The summed E-state index contributed by atoms with van der Waals surface area (Å²) in [4.78, 5) is 9.45. The first-order valence-electron chi connectivity index (χ1n) is 8.16. The summed E-state index contributed by atoms with van der Waals surface area (Å²) in [5.41, 5.74) is 2.39. The fourth-order valence-electron chi connectivity index (χ4n) is 2.98. The van der Waals surface area contributed by atoms with Crippen molar-refractivity contribution in [2.45, 2.75) is 44.8 Å². The SMILES string of the molecule is CC(C)c1ccc(N2CCOC(CN(C)C3CC3)C2)cn1. The van der Waals surface area contributed by atoms with Gasteiger partial charge < -0.3 is 14.5 Å². The topological polar surface area (TPSA) is 28.6 Å². The summed E-state index contributed by atoms with van der Waals surface area (Å²) >= 11 is 0. The van der Waals surface area contributed by atoms with Crippen molar-refractivity contribution in [2.24, 2.45) is 0 Å². The van der Waals surface area contributed by atoms with E-state index in [0.29, 0.717) is 12.0 Å². The van der Waals surface area contributed by atoms with Crippen molar-refractivity contribution in [1.29, 1.82) is 0 Å². The van der Waals surface area contributed by atoms with Crippen LogP contribution in [0, 0.1) is 0 Å². The van der Waals surface area contributed by atoms with E-state index in [1.54, 1.807) is 0 Å². The number of nitrogens with zero attached hydrogens (tertiary/aromatic N) is 3. The average Bonchev–Trinajstić information content (AvgIpc) is 3.32. The molecule has 0 N–H and O–H groups in total. The van der Waals surface area contributed by atoms with Crippen LogP contribution in [0.4, 0.5) is 5.69 Å². The first kappa shape index (κ1) is 14.8. The fraction of sp³-hybridized carbons (Fsp3) is 0.706. The second-order valence-corrected chi connectivity index (χ2v) is 6.71. The van der Waals surface area contributed by atoms with E-state index in [1.807, 2.05) is 6.20 Å². The molecule has 0 spiro atoms. The van der Waals surface area contributed by atoms with Crippen LogP contribution in [0.5, 0.6) is 0 Å². The molecular weight excluding hydrogens is 262 g/mol. The van der Waals surface area contributed by atoms with Crippen LogP contribution in [-0.4, -0.2) is 55.3 Å². The van der Waals surface area contributed by atoms with Gasteiger partial charge in [0.15, 0.2) is 0 Å². The lowest BCUT2D eigenvalue weighted by molar-refractivity contribution is 0.0192. The molecule has 1 saturated carbocycles. The van der Waals surface area contributed by atoms with Gasteiger partial charge >= 0.3 is 0 Å². The zero-order chi connectivity index (χ0) is 14.8. The molecular formula is C17H27N3O. The number of likely N-dealkylation sites (N-methyl/N-ethyl adjacent to an activating group) is 1. The van der Waals surface area contributed by atoms with Gasteiger partial charge in [-0.25, -0.2) is 0 Å². The lowest BCUT2D eigenvalue weighted by Gasteiger charge is -2.36. The third kappa shape index (κ3) is 3.74. The molecule has 2 heterocycles. The molecule has 3 rings (SSSR count). The first-order valence-corrected chi connectivity index (χ1v) is 8.16. The molecule has 1 aliphatic heterocycles. The van der Waals surface area contributed by atoms with E-state index in [2.05, 4.69) is 47.8 Å². The molecule has 1 aromatic heterocycles. The molecule has 1 aromatic rings. The fourth-order valence-corrected chi connectivity index (χ4v) is 2.98. The minimum absolute atomic E-state index is 0.314. The predicted molar refractivity (Wildman–Crippen MR) is 85.9 cm³/mol. The maximum atomic E-state index is 5.94. The highest BCUT2D eigenvalue weighted by molar-refractivity contribution is 5.45. The van der Waals surface area contributed by atoms with E-state index >= 15 is 0 Å². The number of aromatic nitrogens is 1. The van der Waals surface area contributed by atoms with Crippen molar-refractivity contribution in [3.8, 4) is 0 Å². The molecule has 21 heavy (non-hydrogen) atoms. The summed E-state index contributed by atoms with van der Waals surface area (Å²) in [7, 11) is 2.22. The minimum Gasteiger partial charge on any atom is -0.373 e. The summed E-state index contributed by atoms with van der Waals surface area (Å²) in [5.74, 6) is 0.490. The number of rotatable bonds is 5. The van der Waals surface area contributed by atoms with Crippen molar-refractivity contribution in [1.82, 2.24) is 9.88 Å². The zero-order valence-corrected chi connectivity index (χ0v) is 13.5. The Balaban J connectivity index is 1.59. The maximum Gasteiger partial charge on any atom is 0.0877 e. The van der Waals surface area contributed by atoms with Crippen molar-refractivity contribution in [3.05, 3.63) is 24.0 Å². The molecule has 0 amide bonds. The summed E-state index contributed by atoms with van der Waals surface area (Å²) in [6, 6.07) is 5.16. The maximum absolute atomic E-state index is 5.94. The second-order valence-electron chi connectivity index (χ2n) is 6.71. The Morgan fingerprint density at radius 1 is 1.38 bits per heavy atom. The van der Waals surface area contributed by atoms with Crippen LogP contribution < -0.4 is 4.90 Å². The van der Waals surface area contributed by atoms with E-state index in [-0.39, 0.29) is 0 Å². The normalized spacial score (nSPS) is 23.1. The molecule has 1 atom stereocenters. The molecule has 116 valence electrons. The van der Waals surface area contributed by atoms with E-state index in [4.69, 9.17) is 4.74 Å². The predicted octanol–water partition coefficient (Wildman–Crippen LogP) is 2.50. The molecule has 0 bridgehead atoms. The van der Waals surface area contributed by atoms with Gasteiger partial charge in [-0.3, -0.25) is 4.98 Å². The van der Waals surface area contributed by atoms with E-state index < -0.39 is 0 Å². The number of morpholine rings is 1. The summed E-state index contributed by atoms with van der Waals surface area (Å²) < 4.78 is 5.94. The molecule has 2 aliphatic rings. The van der Waals surface area contributed by atoms with Gasteiger partial charge in [-0.15, -0.1) is 0 Å². The number of hydrogen-bond acceptors (Lipinski definition) is 4. The van der Waals surface area contributed by atoms with Crippen LogP contribution in [0.15, 0.2) is 18.3 Å². The van der Waals surface area contributed by atoms with Crippen LogP contribution in [0.3, 0.4) is 0 Å². The molecule has 4 heteroatoms. The Labute approximate surface area is 128 Å². The van der Waals surface area contributed by atoms with E-state index in [1.165, 1.54) is 18.5 Å². The van der Waals surface area contributed by atoms with Crippen molar-refractivity contribution >= 4 is 5.69 Å². The molecule has 2 fully saturated rings. The molecule has 1 aliphatic carbocycles. The second kappa shape index (κ2) is 6.32. The Hall–Kier alpha value is -1.13. The lowest BCUT2D eigenvalue weighted by atomic mass is 10.1. The molecule has 4 nitrogen and oxygen atoms in total. The van der Waals surface area contributed by atoms with Crippen molar-refractivity contribution in [2.75, 3.05) is 38.2 Å². The van der Waals surface area contributed by atoms with E-state index in [0.717, 1.165) is 38.0 Å². The zero-order valence-electron chi connectivity index (χ0n) is 13.5. The molecule has 1 unspecified atom stereocenters. The highest BCUT2D eigenvalue weighted by Crippen LogP contribution is 2.26. The van der Waals surface area contributed by atoms with Gasteiger partial charge in [-0.1, -0.05) is 13.8 Å². The minimum atomic E-state index is 0.314. The van der Waals surface area contributed by atoms with Crippen LogP contribution in [0.1, 0.15) is 38.3 Å². The smallest absolute Gasteiger partial charge is 0.0877 e. The van der Waals surface area contributed by atoms with Gasteiger partial charge in [0.1, 0.15) is 0 Å². The Morgan fingerprint density at radius 2 is 2.19 bits per heavy atom. The molecule has 0 radical (unpaired) electrons. The van der Waals surface area contributed by atoms with Crippen molar-refractivity contribution < 1.29 is 4.74 Å². The third-order valence-corrected chi connectivity index (χ3v) is 4.53. The third-order valence-electron chi connectivity index (χ3n) is 4.53. The first-order chi connectivity index (χ1) is 10.1. The van der Waals surface area contributed by atoms with Gasteiger partial charge in [0.05, 0.1) is 24.6 Å². The Morgan fingerprint density at radius 3 is 2.81 bits per heavy atom. The van der Waals surface area contributed by atoms with Crippen LogP contribution >= 0.6 is 0 Å². The van der Waals surface area contributed by atoms with Gasteiger partial charge in [0.2, 0.25) is 0 Å². The van der Waals surface area contributed by atoms with Crippen LogP contribution in [-0.2, 0) is 4.74 Å². The van der Waals surface area contributed by atoms with Gasteiger partial charge in [-0.2, -0.15) is 0 Å². The highest BCUT2D eigenvalue weighted by atomic mass is 16.5. The lowest BCUT2D eigenvalue weighted by Crippen LogP contribution is -2.47. The standard InChI is InChI=1S/C17H27N3O/c1-13(2)17-7-6-15(10-18-17)20-8-9-21-16(12-20)11-19(3)14-4-5-14/h6-7,10,13-14,16H,4-5,8-9,11-12H2,1-3H3. The summed E-state index contributed by atoms with van der Waals surface area (Å²) in [6.45, 7) is 8.15. The van der Waals surface area contributed by atoms with Crippen LogP contribution in [0.2, 0.25) is 0 Å². The van der Waals surface area contributed by atoms with Gasteiger partial charge in [0.25, 0.3) is 0 Å². The number of ether oxygens (including phenoxy) is 1. The van der Waals surface area contributed by atoms with Gasteiger partial charge in [-0.05, 0) is 37.9 Å². The molecule has 1 saturated heterocycles. The summed E-state index contributed by atoms with van der Waals surface area (Å²) in [5, 5.41) is 0. The average molecular weight is 289 g/mol. The quantitative estimate of drug-likeness (QED) is 0.833. The number of anilines is 1. The number of hydrogen-bond donors (Lipinski definition) is 0. The monoisotopic (exact) mass is 289 g/mol. The Bertz CT molecular complexity index is 456. The molecule has 0 aromatic carbocycles. The van der Waals surface area contributed by atoms with Gasteiger partial charge in [0, 0.05) is 31.4 Å². The Kier molecular flexibility index (Phi) is 4.45. The summed E-state index contributed by atoms with van der Waals surface area (Å²) in [6.07, 6.45) is 5.04. The highest BCUT2D eigenvalue weighted by Gasteiger charge is 2.29. The number of pyridine rings is 1. The van der Waals surface area contributed by atoms with Crippen molar-refractivity contribution in [3.63, 3.8) is 0 Å². The van der Waals surface area contributed by atoms with E-state index in [9.17, 15) is 0 Å².